The summed E-state index contributed by atoms with van der Waals surface area (Å²) in [5.74, 6) is 0. The predicted octanol–water partition coefficient (Wildman–Crippen LogP) is 0.251. The molecule has 0 aliphatic rings. The summed E-state index contributed by atoms with van der Waals surface area (Å²) in [5.41, 5.74) is 0.695. The highest BCUT2D eigenvalue weighted by molar-refractivity contribution is 14.1. The van der Waals surface area contributed by atoms with Crippen molar-refractivity contribution in [3.8, 4) is 0 Å². The van der Waals surface area contributed by atoms with Crippen LogP contribution in [-0.2, 0) is 0 Å². The molecule has 2 aromatic heterocycles. The molecule has 0 aliphatic heterocycles. The standard InChI is InChI=1S/C5H3IN4O/c6-5-9-2-3(10-5)7-1-8-4(2)11/h1H,(H2,7,8,9,10,11). The highest BCUT2D eigenvalue weighted by atomic mass is 127. The molecule has 0 saturated carbocycles. The number of halogens is 1. The van der Waals surface area contributed by atoms with Crippen LogP contribution in [0.15, 0.2) is 11.1 Å². The number of imidazole rings is 1. The third-order valence-electron chi connectivity index (χ3n) is 1.27. The minimum Gasteiger partial charge on any atom is -0.327 e. The van der Waals surface area contributed by atoms with Crippen LogP contribution in [0.2, 0.25) is 0 Å². The zero-order valence-corrected chi connectivity index (χ0v) is 7.42. The topological polar surface area (TPSA) is 74.4 Å². The first-order chi connectivity index (χ1) is 5.27. The number of aromatic nitrogens is 4. The van der Waals surface area contributed by atoms with Gasteiger partial charge in [-0.3, -0.25) is 4.79 Å². The van der Waals surface area contributed by atoms with E-state index in [1.165, 1.54) is 6.33 Å². The van der Waals surface area contributed by atoms with Crippen molar-refractivity contribution >= 4 is 33.8 Å². The maximum Gasteiger partial charge on any atom is 0.276 e. The summed E-state index contributed by atoms with van der Waals surface area (Å²) in [6.07, 6.45) is 1.33. The van der Waals surface area contributed by atoms with Gasteiger partial charge >= 0.3 is 0 Å². The zero-order chi connectivity index (χ0) is 7.84. The number of nitrogens with one attached hydrogen (secondary N) is 2. The van der Waals surface area contributed by atoms with Crippen molar-refractivity contribution < 1.29 is 0 Å². The first kappa shape index (κ1) is 6.77. The number of fused-ring (bicyclic) bond motifs is 1. The Balaban J connectivity index is 3.02. The van der Waals surface area contributed by atoms with E-state index in [-0.39, 0.29) is 5.56 Å². The van der Waals surface area contributed by atoms with E-state index in [1.807, 2.05) is 22.6 Å². The molecule has 11 heavy (non-hydrogen) atoms. The Morgan fingerprint density at radius 2 is 2.36 bits per heavy atom. The van der Waals surface area contributed by atoms with Crippen LogP contribution >= 0.6 is 22.6 Å². The average Bonchev–Trinajstić information content (AvgIpc) is 2.31. The van der Waals surface area contributed by atoms with Crippen molar-refractivity contribution in [2.24, 2.45) is 0 Å². The molecule has 0 saturated heterocycles. The molecular weight excluding hydrogens is 259 g/mol. The number of nitrogens with zero attached hydrogens (tertiary/aromatic N) is 2. The lowest BCUT2D eigenvalue weighted by Crippen LogP contribution is -2.05. The highest BCUT2D eigenvalue weighted by Crippen LogP contribution is 2.03. The van der Waals surface area contributed by atoms with E-state index in [0.29, 0.717) is 15.0 Å². The van der Waals surface area contributed by atoms with Crippen LogP contribution in [0.5, 0.6) is 0 Å². The predicted molar refractivity (Wildman–Crippen MR) is 47.2 cm³/mol. The lowest BCUT2D eigenvalue weighted by molar-refractivity contribution is 1.15. The number of rotatable bonds is 0. The van der Waals surface area contributed by atoms with Crippen LogP contribution in [0, 0.1) is 3.83 Å². The van der Waals surface area contributed by atoms with Crippen LogP contribution in [0.1, 0.15) is 0 Å². The minimum absolute atomic E-state index is 0.189. The summed E-state index contributed by atoms with van der Waals surface area (Å²) in [4.78, 5) is 24.1. The molecule has 2 rings (SSSR count). The van der Waals surface area contributed by atoms with E-state index in [2.05, 4.69) is 19.9 Å². The molecule has 56 valence electrons. The van der Waals surface area contributed by atoms with E-state index >= 15 is 0 Å². The molecule has 6 heteroatoms. The van der Waals surface area contributed by atoms with Crippen molar-refractivity contribution in [3.63, 3.8) is 0 Å². The van der Waals surface area contributed by atoms with E-state index in [9.17, 15) is 4.79 Å². The first-order valence-electron chi connectivity index (χ1n) is 2.86. The molecule has 2 heterocycles. The maximum absolute atomic E-state index is 11.0. The van der Waals surface area contributed by atoms with Gasteiger partial charge < -0.3 is 9.97 Å². The molecular formula is C5H3IN4O. The van der Waals surface area contributed by atoms with Gasteiger partial charge in [0, 0.05) is 0 Å². The van der Waals surface area contributed by atoms with Crippen LogP contribution in [0.3, 0.4) is 0 Å². The van der Waals surface area contributed by atoms with Gasteiger partial charge in [-0.25, -0.2) is 9.97 Å². The van der Waals surface area contributed by atoms with Crippen LogP contribution in [0.25, 0.3) is 11.2 Å². The fourth-order valence-electron chi connectivity index (χ4n) is 0.812. The molecule has 2 N–H and O–H groups in total. The van der Waals surface area contributed by atoms with Crippen LogP contribution in [0.4, 0.5) is 0 Å². The maximum atomic E-state index is 11.0. The number of H-pyrrole nitrogens is 2. The number of hydrogen-bond acceptors (Lipinski definition) is 3. The molecule has 5 nitrogen and oxygen atoms in total. The van der Waals surface area contributed by atoms with Gasteiger partial charge in [-0.2, -0.15) is 0 Å². The van der Waals surface area contributed by atoms with Gasteiger partial charge in [0.15, 0.2) is 15.0 Å². The number of aromatic amines is 2. The average molecular weight is 262 g/mol. The van der Waals surface area contributed by atoms with Crippen molar-refractivity contribution in [3.05, 3.63) is 20.5 Å². The normalized spacial score (nSPS) is 10.6. The van der Waals surface area contributed by atoms with Crippen molar-refractivity contribution in [1.82, 2.24) is 19.9 Å². The summed E-state index contributed by atoms with van der Waals surface area (Å²) < 4.78 is 0.668. The largest absolute Gasteiger partial charge is 0.327 e. The zero-order valence-electron chi connectivity index (χ0n) is 5.26. The van der Waals surface area contributed by atoms with Crippen molar-refractivity contribution in [1.29, 1.82) is 0 Å². The Kier molecular flexibility index (Phi) is 1.41. The van der Waals surface area contributed by atoms with Gasteiger partial charge in [-0.1, -0.05) is 0 Å². The molecule has 0 fully saturated rings. The molecule has 0 spiro atoms. The Morgan fingerprint density at radius 1 is 1.55 bits per heavy atom. The summed E-state index contributed by atoms with van der Waals surface area (Å²) in [6.45, 7) is 0. The summed E-state index contributed by atoms with van der Waals surface area (Å²) in [6, 6.07) is 0. The third-order valence-corrected chi connectivity index (χ3v) is 1.78. The summed E-state index contributed by atoms with van der Waals surface area (Å²) >= 11 is 1.99. The van der Waals surface area contributed by atoms with Crippen molar-refractivity contribution in [2.75, 3.05) is 0 Å². The first-order valence-corrected chi connectivity index (χ1v) is 3.94. The summed E-state index contributed by atoms with van der Waals surface area (Å²) in [7, 11) is 0. The van der Waals surface area contributed by atoms with Gasteiger partial charge in [0.25, 0.3) is 5.56 Å². The van der Waals surface area contributed by atoms with Gasteiger partial charge in [-0.05, 0) is 22.6 Å². The van der Waals surface area contributed by atoms with Crippen LogP contribution < -0.4 is 5.56 Å². The van der Waals surface area contributed by atoms with Gasteiger partial charge in [-0.15, -0.1) is 0 Å². The number of hydrogen-bond donors (Lipinski definition) is 2. The second-order valence-electron chi connectivity index (χ2n) is 1.96. The molecule has 0 radical (unpaired) electrons. The Labute approximate surface area is 74.4 Å². The molecule has 0 aromatic carbocycles. The van der Waals surface area contributed by atoms with Crippen LogP contribution in [-0.4, -0.2) is 19.9 Å². The lowest BCUT2D eigenvalue weighted by Gasteiger charge is -1.81. The molecule has 0 atom stereocenters. The second-order valence-corrected chi connectivity index (χ2v) is 2.98. The van der Waals surface area contributed by atoms with Gasteiger partial charge in [0.2, 0.25) is 0 Å². The minimum atomic E-state index is -0.189. The van der Waals surface area contributed by atoms with E-state index in [0.717, 1.165) is 0 Å². The third kappa shape index (κ3) is 1.02. The fraction of sp³-hybridized carbons (Fsp3) is 0. The van der Waals surface area contributed by atoms with Crippen molar-refractivity contribution in [2.45, 2.75) is 0 Å². The highest BCUT2D eigenvalue weighted by Gasteiger charge is 2.02. The molecule has 0 unspecified atom stereocenters. The molecule has 0 bridgehead atoms. The Morgan fingerprint density at radius 3 is 3.09 bits per heavy atom. The Bertz CT molecular complexity index is 445. The fourth-order valence-corrected chi connectivity index (χ4v) is 1.31. The lowest BCUT2D eigenvalue weighted by atomic mass is 10.6. The van der Waals surface area contributed by atoms with Gasteiger partial charge in [0.1, 0.15) is 0 Å². The Hall–Kier alpha value is -0.920. The van der Waals surface area contributed by atoms with E-state index in [4.69, 9.17) is 0 Å². The van der Waals surface area contributed by atoms with Gasteiger partial charge in [0.05, 0.1) is 6.33 Å². The molecule has 0 aliphatic carbocycles. The van der Waals surface area contributed by atoms with E-state index < -0.39 is 0 Å². The molecule has 0 amide bonds. The molecule has 2 aromatic rings. The SMILES string of the molecule is O=c1[nH]cnc2nc(I)[nH]c12. The summed E-state index contributed by atoms with van der Waals surface area (Å²) in [5, 5.41) is 0. The smallest absolute Gasteiger partial charge is 0.276 e. The van der Waals surface area contributed by atoms with E-state index in [1.54, 1.807) is 0 Å². The quantitative estimate of drug-likeness (QED) is 0.528. The second kappa shape index (κ2) is 2.29. The monoisotopic (exact) mass is 262 g/mol.